The van der Waals surface area contributed by atoms with Crippen molar-refractivity contribution in [3.8, 4) is 0 Å². The highest BCUT2D eigenvalue weighted by Gasteiger charge is 2.27. The molecule has 1 saturated carbocycles. The van der Waals surface area contributed by atoms with Gasteiger partial charge in [-0.2, -0.15) is 0 Å². The van der Waals surface area contributed by atoms with Crippen LogP contribution in [-0.4, -0.2) is 38.7 Å². The van der Waals surface area contributed by atoms with Crippen LogP contribution in [0.15, 0.2) is 17.2 Å². The predicted octanol–water partition coefficient (Wildman–Crippen LogP) is 1.91. The van der Waals surface area contributed by atoms with E-state index in [1.165, 1.54) is 12.3 Å². The molecule has 0 aromatic carbocycles. The molecule has 1 aliphatic rings. The maximum atomic E-state index is 12.2. The van der Waals surface area contributed by atoms with Crippen molar-refractivity contribution in [2.24, 2.45) is 0 Å². The summed E-state index contributed by atoms with van der Waals surface area (Å²) in [4.78, 5) is 12.2. The molecule has 0 spiro atoms. The van der Waals surface area contributed by atoms with Gasteiger partial charge >= 0.3 is 0 Å². The Labute approximate surface area is 128 Å². The lowest BCUT2D eigenvalue weighted by Crippen LogP contribution is -2.30. The second-order valence-corrected chi connectivity index (χ2v) is 7.51. The van der Waals surface area contributed by atoms with Gasteiger partial charge < -0.3 is 14.6 Å². The Morgan fingerprint density at radius 3 is 2.76 bits per heavy atom. The molecule has 118 valence electrons. The SMILES string of the molecule is CCOCCNC(=O)c1cc(S(=O)(=O)Cl)cn1C1CCC1. The molecule has 0 aliphatic heterocycles. The average molecular weight is 335 g/mol. The number of nitrogens with zero attached hydrogens (tertiary/aromatic N) is 1. The number of halogens is 1. The summed E-state index contributed by atoms with van der Waals surface area (Å²) in [5.41, 5.74) is 0.329. The van der Waals surface area contributed by atoms with Crippen molar-refractivity contribution in [3.05, 3.63) is 18.0 Å². The fraction of sp³-hybridized carbons (Fsp3) is 0.615. The van der Waals surface area contributed by atoms with Crippen molar-refractivity contribution in [2.45, 2.75) is 37.1 Å². The van der Waals surface area contributed by atoms with Gasteiger partial charge in [-0.25, -0.2) is 8.42 Å². The summed E-state index contributed by atoms with van der Waals surface area (Å²) in [5, 5.41) is 2.72. The van der Waals surface area contributed by atoms with Crippen LogP contribution in [-0.2, 0) is 13.8 Å². The quantitative estimate of drug-likeness (QED) is 0.610. The Hall–Kier alpha value is -1.05. The van der Waals surface area contributed by atoms with E-state index in [1.54, 1.807) is 4.57 Å². The second-order valence-electron chi connectivity index (χ2n) is 4.94. The number of amides is 1. The largest absolute Gasteiger partial charge is 0.380 e. The molecule has 6 nitrogen and oxygen atoms in total. The molecule has 0 bridgehead atoms. The third-order valence-electron chi connectivity index (χ3n) is 3.54. The molecule has 21 heavy (non-hydrogen) atoms. The summed E-state index contributed by atoms with van der Waals surface area (Å²) < 4.78 is 29.8. The molecule has 0 radical (unpaired) electrons. The zero-order valence-electron chi connectivity index (χ0n) is 11.8. The Morgan fingerprint density at radius 2 is 2.24 bits per heavy atom. The monoisotopic (exact) mass is 334 g/mol. The minimum absolute atomic E-state index is 0.0361. The van der Waals surface area contributed by atoms with Crippen LogP contribution in [0.2, 0.25) is 0 Å². The number of hydrogen-bond donors (Lipinski definition) is 1. The van der Waals surface area contributed by atoms with E-state index < -0.39 is 9.05 Å². The minimum atomic E-state index is -3.84. The van der Waals surface area contributed by atoms with Crippen LogP contribution in [0.1, 0.15) is 42.7 Å². The number of carbonyl (C=O) groups is 1. The predicted molar refractivity (Wildman–Crippen MR) is 79.2 cm³/mol. The standard InChI is InChI=1S/C13H19ClN2O4S/c1-2-20-7-6-15-13(17)12-8-11(21(14,18)19)9-16(12)10-4-3-5-10/h8-10H,2-7H2,1H3,(H,15,17). The first-order chi connectivity index (χ1) is 9.93. The molecule has 0 unspecified atom stereocenters. The first-order valence-electron chi connectivity index (χ1n) is 6.96. The number of nitrogens with one attached hydrogen (secondary N) is 1. The Bertz CT molecular complexity index is 608. The average Bonchev–Trinajstić information content (AvgIpc) is 2.77. The first-order valence-corrected chi connectivity index (χ1v) is 9.27. The maximum Gasteiger partial charge on any atom is 0.268 e. The second kappa shape index (κ2) is 6.81. The topological polar surface area (TPSA) is 77.4 Å². The summed E-state index contributed by atoms with van der Waals surface area (Å²) in [6.07, 6.45) is 4.41. The van der Waals surface area contributed by atoms with E-state index in [1.807, 2.05) is 6.92 Å². The van der Waals surface area contributed by atoms with Crippen molar-refractivity contribution in [2.75, 3.05) is 19.8 Å². The molecule has 1 amide bonds. The van der Waals surface area contributed by atoms with Crippen LogP contribution in [0.3, 0.4) is 0 Å². The highest BCUT2D eigenvalue weighted by atomic mass is 35.7. The van der Waals surface area contributed by atoms with Crippen LogP contribution >= 0.6 is 10.7 Å². The molecule has 1 heterocycles. The van der Waals surface area contributed by atoms with Crippen LogP contribution in [0.4, 0.5) is 0 Å². The van der Waals surface area contributed by atoms with E-state index in [0.717, 1.165) is 19.3 Å². The van der Waals surface area contributed by atoms with Crippen molar-refractivity contribution in [1.29, 1.82) is 0 Å². The third-order valence-corrected chi connectivity index (χ3v) is 4.86. The van der Waals surface area contributed by atoms with Gasteiger partial charge in [-0.05, 0) is 32.3 Å². The number of rotatable bonds is 7. The van der Waals surface area contributed by atoms with Gasteiger partial charge in [0.15, 0.2) is 0 Å². The molecule has 0 atom stereocenters. The Kier molecular flexibility index (Phi) is 5.29. The molecule has 2 rings (SSSR count). The zero-order valence-corrected chi connectivity index (χ0v) is 13.4. The fourth-order valence-corrected chi connectivity index (χ4v) is 2.95. The van der Waals surface area contributed by atoms with Crippen LogP contribution in [0.5, 0.6) is 0 Å². The van der Waals surface area contributed by atoms with E-state index in [0.29, 0.717) is 25.5 Å². The number of carbonyl (C=O) groups excluding carboxylic acids is 1. The number of aromatic nitrogens is 1. The fourth-order valence-electron chi connectivity index (χ4n) is 2.21. The van der Waals surface area contributed by atoms with E-state index in [2.05, 4.69) is 5.32 Å². The summed E-state index contributed by atoms with van der Waals surface area (Å²) in [7, 11) is 1.53. The lowest BCUT2D eigenvalue weighted by Gasteiger charge is -2.28. The van der Waals surface area contributed by atoms with Crippen molar-refractivity contribution >= 4 is 25.6 Å². The highest BCUT2D eigenvalue weighted by Crippen LogP contribution is 2.34. The van der Waals surface area contributed by atoms with Gasteiger partial charge in [0.1, 0.15) is 10.6 Å². The maximum absolute atomic E-state index is 12.2. The smallest absolute Gasteiger partial charge is 0.268 e. The van der Waals surface area contributed by atoms with Crippen LogP contribution in [0, 0.1) is 0 Å². The van der Waals surface area contributed by atoms with Crippen molar-refractivity contribution < 1.29 is 17.9 Å². The van der Waals surface area contributed by atoms with Gasteiger partial charge in [0.2, 0.25) is 0 Å². The van der Waals surface area contributed by atoms with Gasteiger partial charge in [0, 0.05) is 36.1 Å². The zero-order chi connectivity index (χ0) is 15.5. The Balaban J connectivity index is 2.16. The van der Waals surface area contributed by atoms with Gasteiger partial charge in [-0.15, -0.1) is 0 Å². The number of hydrogen-bond acceptors (Lipinski definition) is 4. The molecule has 1 fully saturated rings. The molecule has 1 N–H and O–H groups in total. The molecule has 8 heteroatoms. The molecular formula is C13H19ClN2O4S. The normalized spacial score (nSPS) is 15.7. The molecular weight excluding hydrogens is 316 g/mol. The minimum Gasteiger partial charge on any atom is -0.380 e. The lowest BCUT2D eigenvalue weighted by atomic mass is 9.93. The van der Waals surface area contributed by atoms with Gasteiger partial charge in [0.05, 0.1) is 6.61 Å². The molecule has 1 aromatic heterocycles. The third kappa shape index (κ3) is 3.99. The highest BCUT2D eigenvalue weighted by molar-refractivity contribution is 8.13. The molecule has 0 saturated heterocycles. The van der Waals surface area contributed by atoms with Gasteiger partial charge in [-0.1, -0.05) is 0 Å². The van der Waals surface area contributed by atoms with Crippen molar-refractivity contribution in [1.82, 2.24) is 9.88 Å². The summed E-state index contributed by atoms with van der Waals surface area (Å²) >= 11 is 0. The molecule has 1 aromatic rings. The van der Waals surface area contributed by atoms with Gasteiger partial charge in [-0.3, -0.25) is 4.79 Å². The van der Waals surface area contributed by atoms with E-state index in [4.69, 9.17) is 15.4 Å². The summed E-state index contributed by atoms with van der Waals surface area (Å²) in [5.74, 6) is -0.312. The van der Waals surface area contributed by atoms with Crippen LogP contribution < -0.4 is 5.32 Å². The molecule has 1 aliphatic carbocycles. The Morgan fingerprint density at radius 1 is 1.52 bits per heavy atom. The van der Waals surface area contributed by atoms with Gasteiger partial charge in [0.25, 0.3) is 15.0 Å². The van der Waals surface area contributed by atoms with E-state index in [-0.39, 0.29) is 16.8 Å². The summed E-state index contributed by atoms with van der Waals surface area (Å²) in [6, 6.07) is 1.50. The summed E-state index contributed by atoms with van der Waals surface area (Å²) in [6.45, 7) is 3.27. The van der Waals surface area contributed by atoms with Crippen molar-refractivity contribution in [3.63, 3.8) is 0 Å². The van der Waals surface area contributed by atoms with Crippen LogP contribution in [0.25, 0.3) is 0 Å². The lowest BCUT2D eigenvalue weighted by molar-refractivity contribution is 0.0908. The van der Waals surface area contributed by atoms with E-state index in [9.17, 15) is 13.2 Å². The van der Waals surface area contributed by atoms with E-state index >= 15 is 0 Å². The first kappa shape index (κ1) is 16.3. The number of ether oxygens (including phenoxy) is 1.